The number of carbonyl (C=O) groups is 5. The van der Waals surface area contributed by atoms with E-state index in [9.17, 15) is 29.1 Å². The molecule has 0 spiro atoms. The highest BCUT2D eigenvalue weighted by Gasteiger charge is 2.38. The Hall–Kier alpha value is -4.87. The number of nitrogens with zero attached hydrogens (tertiary/aromatic N) is 2. The van der Waals surface area contributed by atoms with Crippen molar-refractivity contribution in [3.63, 3.8) is 0 Å². The molecule has 0 radical (unpaired) electrons. The summed E-state index contributed by atoms with van der Waals surface area (Å²) < 4.78 is 16.3. The number of amides is 2. The highest BCUT2D eigenvalue weighted by atomic mass is 16.6. The van der Waals surface area contributed by atoms with E-state index in [1.54, 1.807) is 75.4 Å². The molecule has 0 unspecified atom stereocenters. The van der Waals surface area contributed by atoms with E-state index in [-0.39, 0.29) is 26.1 Å². The molecular weight excluding hydrogens is 584 g/mol. The first kappa shape index (κ1) is 36.3. The summed E-state index contributed by atoms with van der Waals surface area (Å²) >= 11 is 0. The Bertz CT molecular complexity index is 1290. The Morgan fingerprint density at radius 2 is 1.53 bits per heavy atom. The zero-order valence-corrected chi connectivity index (χ0v) is 26.0. The number of carboxylic acid groups (broad SMARTS) is 2. The number of benzene rings is 2. The third-order valence-electron chi connectivity index (χ3n) is 6.20. The van der Waals surface area contributed by atoms with E-state index in [1.165, 1.54) is 6.08 Å². The maximum Gasteiger partial charge on any atom is 0.411 e. The fourth-order valence-electron chi connectivity index (χ4n) is 4.15. The van der Waals surface area contributed by atoms with Crippen LogP contribution in [0.2, 0.25) is 0 Å². The van der Waals surface area contributed by atoms with Crippen LogP contribution in [-0.2, 0) is 41.7 Å². The van der Waals surface area contributed by atoms with E-state index in [0.29, 0.717) is 36.3 Å². The Morgan fingerprint density at radius 3 is 2.11 bits per heavy atom. The predicted molar refractivity (Wildman–Crippen MR) is 164 cm³/mol. The van der Waals surface area contributed by atoms with Crippen LogP contribution in [0, 0.1) is 0 Å². The summed E-state index contributed by atoms with van der Waals surface area (Å²) in [4.78, 5) is 65.1. The zero-order valence-electron chi connectivity index (χ0n) is 26.0. The van der Waals surface area contributed by atoms with Crippen molar-refractivity contribution >= 4 is 29.9 Å². The fraction of sp³-hybridized carbons (Fsp3) is 0.424. The van der Waals surface area contributed by atoms with E-state index in [1.807, 2.05) is 0 Å². The van der Waals surface area contributed by atoms with Gasteiger partial charge in [-0.15, -0.1) is 0 Å². The van der Waals surface area contributed by atoms with Gasteiger partial charge in [-0.1, -0.05) is 55.1 Å². The zero-order chi connectivity index (χ0) is 33.4. The summed E-state index contributed by atoms with van der Waals surface area (Å²) in [5.74, 6) is -3.19. The third kappa shape index (κ3) is 14.0. The smallest absolute Gasteiger partial charge is 0.411 e. The van der Waals surface area contributed by atoms with Crippen molar-refractivity contribution in [1.29, 1.82) is 0 Å². The maximum absolute atomic E-state index is 14.1. The normalized spacial score (nSPS) is 11.5. The van der Waals surface area contributed by atoms with Crippen LogP contribution < -0.4 is 4.74 Å². The molecule has 0 aromatic heterocycles. The lowest BCUT2D eigenvalue weighted by molar-refractivity contribution is -0.152. The lowest BCUT2D eigenvalue weighted by Gasteiger charge is -2.35. The number of rotatable bonds is 18. The van der Waals surface area contributed by atoms with E-state index < -0.39 is 54.5 Å². The van der Waals surface area contributed by atoms with Crippen molar-refractivity contribution in [3.8, 4) is 5.75 Å². The summed E-state index contributed by atoms with van der Waals surface area (Å²) in [5, 5.41) is 18.6. The van der Waals surface area contributed by atoms with Gasteiger partial charge in [-0.2, -0.15) is 0 Å². The Balaban J connectivity index is 2.38. The molecule has 0 saturated heterocycles. The van der Waals surface area contributed by atoms with Gasteiger partial charge in [-0.3, -0.25) is 24.1 Å². The average Bonchev–Trinajstić information content (AvgIpc) is 2.97. The highest BCUT2D eigenvalue weighted by Crippen LogP contribution is 2.21. The second-order valence-corrected chi connectivity index (χ2v) is 11.2. The van der Waals surface area contributed by atoms with Crippen LogP contribution >= 0.6 is 0 Å². The lowest BCUT2D eigenvalue weighted by Crippen LogP contribution is -2.53. The van der Waals surface area contributed by atoms with Crippen LogP contribution in [0.25, 0.3) is 0 Å². The molecule has 12 nitrogen and oxygen atoms in total. The summed E-state index contributed by atoms with van der Waals surface area (Å²) in [6.07, 6.45) is 0.852. The Morgan fingerprint density at radius 1 is 0.889 bits per heavy atom. The molecule has 244 valence electrons. The minimum atomic E-state index is -1.52. The van der Waals surface area contributed by atoms with E-state index in [2.05, 4.69) is 6.58 Å². The van der Waals surface area contributed by atoms with Gasteiger partial charge in [0.25, 0.3) is 0 Å². The number of carbonyl (C=O) groups excluding carboxylic acids is 3. The van der Waals surface area contributed by atoms with E-state index >= 15 is 0 Å². The molecule has 1 atom stereocenters. The third-order valence-corrected chi connectivity index (χ3v) is 6.20. The molecule has 0 aliphatic carbocycles. The van der Waals surface area contributed by atoms with Crippen LogP contribution in [-0.4, -0.2) is 81.3 Å². The first-order chi connectivity index (χ1) is 21.3. The predicted octanol–water partition coefficient (Wildman–Crippen LogP) is 4.66. The van der Waals surface area contributed by atoms with Crippen molar-refractivity contribution < 1.29 is 48.4 Å². The van der Waals surface area contributed by atoms with Gasteiger partial charge in [0, 0.05) is 19.5 Å². The molecule has 2 N–H and O–H groups in total. The van der Waals surface area contributed by atoms with E-state index in [0.717, 1.165) is 9.80 Å². The molecule has 0 fully saturated rings. The highest BCUT2D eigenvalue weighted by molar-refractivity contribution is 5.91. The number of hydrogen-bond acceptors (Lipinski definition) is 8. The van der Waals surface area contributed by atoms with Crippen molar-refractivity contribution in [1.82, 2.24) is 9.80 Å². The number of unbranched alkanes of at least 4 members (excludes halogenated alkanes) is 1. The molecule has 0 aliphatic heterocycles. The Kier molecular flexibility index (Phi) is 14.6. The summed E-state index contributed by atoms with van der Waals surface area (Å²) in [7, 11) is 0. The number of aliphatic carboxylic acids is 2. The monoisotopic (exact) mass is 626 g/mol. The largest absolute Gasteiger partial charge is 0.494 e. The summed E-state index contributed by atoms with van der Waals surface area (Å²) in [6, 6.07) is 14.0. The number of hydrogen-bond donors (Lipinski definition) is 2. The standard InChI is InChI=1S/C33H42N2O10/c1-5-18-44-30(40)23-34(21-25-14-16-26(17-15-25)43-19-10-9-13-28(36)37)31(41)27(20-29(38)39)35(32(42)45-33(2,3)4)22-24-11-7-6-8-12-24/h5-8,11-12,14-17,27H,1,9-10,13,18-23H2,2-4H3,(H,36,37)(H,38,39)/t27-/m0/s1. The molecule has 2 aromatic rings. The first-order valence-electron chi connectivity index (χ1n) is 14.5. The minimum Gasteiger partial charge on any atom is -0.494 e. The molecule has 2 aromatic carbocycles. The van der Waals surface area contributed by atoms with Gasteiger partial charge < -0.3 is 29.3 Å². The second-order valence-electron chi connectivity index (χ2n) is 11.2. The molecule has 2 rings (SSSR count). The van der Waals surface area contributed by atoms with Gasteiger partial charge in [0.2, 0.25) is 5.91 Å². The minimum absolute atomic E-state index is 0.0565. The van der Waals surface area contributed by atoms with Crippen molar-refractivity contribution in [3.05, 3.63) is 78.4 Å². The first-order valence-corrected chi connectivity index (χ1v) is 14.5. The van der Waals surface area contributed by atoms with Crippen molar-refractivity contribution in [2.75, 3.05) is 19.8 Å². The van der Waals surface area contributed by atoms with Gasteiger partial charge in [0.05, 0.1) is 13.0 Å². The Labute approximate surface area is 263 Å². The van der Waals surface area contributed by atoms with Crippen LogP contribution in [0.5, 0.6) is 5.75 Å². The summed E-state index contributed by atoms with van der Waals surface area (Å²) in [5.41, 5.74) is 0.304. The second kappa shape index (κ2) is 18.1. The molecule has 0 heterocycles. The average molecular weight is 627 g/mol. The quantitative estimate of drug-likeness (QED) is 0.135. The van der Waals surface area contributed by atoms with Crippen molar-refractivity contribution in [2.24, 2.45) is 0 Å². The van der Waals surface area contributed by atoms with Crippen LogP contribution in [0.1, 0.15) is 57.6 Å². The molecule has 0 bridgehead atoms. The van der Waals surface area contributed by atoms with Gasteiger partial charge in [-0.05, 0) is 56.9 Å². The summed E-state index contributed by atoms with van der Waals surface area (Å²) in [6.45, 7) is 7.99. The van der Waals surface area contributed by atoms with Crippen LogP contribution in [0.15, 0.2) is 67.3 Å². The van der Waals surface area contributed by atoms with Gasteiger partial charge in [-0.25, -0.2) is 4.79 Å². The molecule has 45 heavy (non-hydrogen) atoms. The maximum atomic E-state index is 14.1. The van der Waals surface area contributed by atoms with Crippen LogP contribution in [0.4, 0.5) is 4.79 Å². The number of carboxylic acids is 2. The SMILES string of the molecule is C=CCOC(=O)CN(Cc1ccc(OCCCCC(=O)O)cc1)C(=O)[C@H](CC(=O)O)N(Cc1ccccc1)C(=O)OC(C)(C)C. The van der Waals surface area contributed by atoms with Gasteiger partial charge in [0.15, 0.2) is 0 Å². The van der Waals surface area contributed by atoms with Gasteiger partial charge >= 0.3 is 24.0 Å². The number of ether oxygens (including phenoxy) is 3. The van der Waals surface area contributed by atoms with E-state index in [4.69, 9.17) is 19.3 Å². The van der Waals surface area contributed by atoms with Crippen molar-refractivity contribution in [2.45, 2.75) is 71.2 Å². The molecular formula is C33H42N2O10. The molecule has 0 saturated carbocycles. The molecule has 12 heteroatoms. The van der Waals surface area contributed by atoms with Crippen LogP contribution in [0.3, 0.4) is 0 Å². The fourth-order valence-corrected chi connectivity index (χ4v) is 4.15. The van der Waals surface area contributed by atoms with Gasteiger partial charge in [0.1, 0.15) is 30.5 Å². The topological polar surface area (TPSA) is 160 Å². The lowest BCUT2D eigenvalue weighted by atomic mass is 10.1. The number of esters is 1. The molecule has 0 aliphatic rings. The molecule has 2 amide bonds.